The lowest BCUT2D eigenvalue weighted by molar-refractivity contribution is -0.148. The van der Waals surface area contributed by atoms with Crippen LogP contribution in [0.4, 0.5) is 0 Å². The van der Waals surface area contributed by atoms with Gasteiger partial charge in [0.15, 0.2) is 6.10 Å². The van der Waals surface area contributed by atoms with E-state index in [9.17, 15) is 33.0 Å². The highest BCUT2D eigenvalue weighted by Crippen LogP contribution is 2.28. The number of aryl methyl sites for hydroxylation is 1. The standard InChI is InChI=1S/C34H33N5O8S/c1-2-8-25-20-28(32(41)36-27(31(40)34(43)44)19-22-9-4-3-5-10-22)37-39(25)21-23-13-15-24(16-14-23)26-11-6-7-12-30(26)48(45,46)38-33(42)29-17-18-35-47-29/h3-7,9-18,20,27,31,40H,2,8,19,21H2,1H3,(H,36,41)(H,38,42)(H,43,44)/t27-,31-/m1/s1. The predicted octanol–water partition coefficient (Wildman–Crippen LogP) is 3.44. The number of carbonyl (C=O) groups is 3. The fourth-order valence-electron chi connectivity index (χ4n) is 5.15. The van der Waals surface area contributed by atoms with Gasteiger partial charge >= 0.3 is 11.9 Å². The molecule has 0 fully saturated rings. The van der Waals surface area contributed by atoms with Gasteiger partial charge in [0.25, 0.3) is 15.9 Å². The SMILES string of the molecule is CCCc1cc(C(=O)N[C@H](Cc2ccccc2)[C@@H](O)C(=O)O)nn1Cc1ccc(-c2ccccc2S(=O)(=O)NC(=O)c2ccno2)cc1. The monoisotopic (exact) mass is 671 g/mol. The van der Waals surface area contributed by atoms with Crippen LogP contribution >= 0.6 is 0 Å². The molecule has 2 heterocycles. The van der Waals surface area contributed by atoms with Gasteiger partial charge in [-0.1, -0.05) is 91.3 Å². The van der Waals surface area contributed by atoms with Crippen molar-refractivity contribution in [1.82, 2.24) is 25.0 Å². The Bertz CT molecular complexity index is 1990. The van der Waals surface area contributed by atoms with Gasteiger partial charge in [0.1, 0.15) is 5.69 Å². The summed E-state index contributed by atoms with van der Waals surface area (Å²) >= 11 is 0. The lowest BCUT2D eigenvalue weighted by atomic mass is 10.0. The second-order valence-electron chi connectivity index (χ2n) is 11.0. The second-order valence-corrected chi connectivity index (χ2v) is 12.6. The van der Waals surface area contributed by atoms with Gasteiger partial charge in [-0.15, -0.1) is 0 Å². The summed E-state index contributed by atoms with van der Waals surface area (Å²) < 4.78 is 34.7. The number of nitrogens with one attached hydrogen (secondary N) is 2. The van der Waals surface area contributed by atoms with Crippen LogP contribution < -0.4 is 10.0 Å². The molecule has 13 nitrogen and oxygen atoms in total. The highest BCUT2D eigenvalue weighted by molar-refractivity contribution is 7.90. The highest BCUT2D eigenvalue weighted by atomic mass is 32.2. The van der Waals surface area contributed by atoms with Crippen LogP contribution in [0.25, 0.3) is 11.1 Å². The first-order valence-corrected chi connectivity index (χ1v) is 16.5. The average molecular weight is 672 g/mol. The third-order valence-corrected chi connectivity index (χ3v) is 8.90. The third kappa shape index (κ3) is 8.03. The number of nitrogens with zero attached hydrogens (tertiary/aromatic N) is 3. The molecule has 2 amide bonds. The summed E-state index contributed by atoms with van der Waals surface area (Å²) in [6, 6.07) is 24.1. The van der Waals surface area contributed by atoms with Gasteiger partial charge in [0, 0.05) is 17.3 Å². The maximum Gasteiger partial charge on any atom is 0.334 e. The van der Waals surface area contributed by atoms with Crippen molar-refractivity contribution in [3.05, 3.63) is 125 Å². The van der Waals surface area contributed by atoms with Crippen molar-refractivity contribution in [2.75, 3.05) is 0 Å². The predicted molar refractivity (Wildman–Crippen MR) is 173 cm³/mol. The number of carbonyl (C=O) groups excluding carboxylic acids is 2. The number of amides is 2. The number of rotatable bonds is 14. The molecule has 0 saturated heterocycles. The zero-order valence-corrected chi connectivity index (χ0v) is 26.6. The molecule has 2 aromatic heterocycles. The lowest BCUT2D eigenvalue weighted by Crippen LogP contribution is -2.48. The van der Waals surface area contributed by atoms with Crippen LogP contribution in [0.2, 0.25) is 0 Å². The van der Waals surface area contributed by atoms with E-state index in [2.05, 4.69) is 15.6 Å². The fourth-order valence-corrected chi connectivity index (χ4v) is 6.33. The molecule has 5 aromatic rings. The summed E-state index contributed by atoms with van der Waals surface area (Å²) in [5, 5.41) is 30.3. The molecule has 3 aromatic carbocycles. The van der Waals surface area contributed by atoms with Crippen molar-refractivity contribution >= 4 is 27.8 Å². The first-order valence-electron chi connectivity index (χ1n) is 15.0. The molecule has 5 rings (SSSR count). The van der Waals surface area contributed by atoms with Crippen LogP contribution in [0.5, 0.6) is 0 Å². The van der Waals surface area contributed by atoms with Crippen molar-refractivity contribution in [1.29, 1.82) is 0 Å². The topological polar surface area (TPSA) is 194 Å². The number of aliphatic hydroxyl groups is 1. The number of benzene rings is 3. The quantitative estimate of drug-likeness (QED) is 0.136. The van der Waals surface area contributed by atoms with Gasteiger partial charge in [0.2, 0.25) is 5.76 Å². The van der Waals surface area contributed by atoms with Crippen LogP contribution in [-0.4, -0.2) is 63.5 Å². The van der Waals surface area contributed by atoms with E-state index in [1.54, 1.807) is 65.3 Å². The van der Waals surface area contributed by atoms with Crippen LogP contribution in [0.1, 0.15) is 51.2 Å². The van der Waals surface area contributed by atoms with E-state index in [-0.39, 0.29) is 22.8 Å². The highest BCUT2D eigenvalue weighted by Gasteiger charge is 2.29. The molecule has 0 bridgehead atoms. The van der Waals surface area contributed by atoms with E-state index in [1.807, 2.05) is 29.8 Å². The van der Waals surface area contributed by atoms with Gasteiger partial charge < -0.3 is 20.1 Å². The van der Waals surface area contributed by atoms with Crippen molar-refractivity contribution in [2.24, 2.45) is 0 Å². The summed E-state index contributed by atoms with van der Waals surface area (Å²) in [5.74, 6) is -3.26. The van der Waals surface area contributed by atoms with E-state index in [1.165, 1.54) is 18.3 Å². The number of carboxylic acid groups (broad SMARTS) is 1. The number of hydrogen-bond acceptors (Lipinski definition) is 9. The van der Waals surface area contributed by atoms with Gasteiger partial charge in [0.05, 0.1) is 23.7 Å². The largest absolute Gasteiger partial charge is 0.479 e. The molecule has 0 aliphatic rings. The van der Waals surface area contributed by atoms with Crippen molar-refractivity contribution in [3.63, 3.8) is 0 Å². The Kier molecular flexibility index (Phi) is 10.5. The molecule has 2 atom stereocenters. The summed E-state index contributed by atoms with van der Waals surface area (Å²) in [6.45, 7) is 2.28. The van der Waals surface area contributed by atoms with Crippen LogP contribution in [-0.2, 0) is 34.2 Å². The summed E-state index contributed by atoms with van der Waals surface area (Å²) in [4.78, 5) is 37.1. The molecule has 0 aliphatic carbocycles. The Labute approximate surface area is 276 Å². The molecule has 0 aliphatic heterocycles. The lowest BCUT2D eigenvalue weighted by Gasteiger charge is -2.21. The van der Waals surface area contributed by atoms with E-state index < -0.39 is 40.0 Å². The molecule has 0 saturated carbocycles. The van der Waals surface area contributed by atoms with E-state index >= 15 is 0 Å². The number of sulfonamides is 1. The minimum atomic E-state index is -4.26. The molecule has 48 heavy (non-hydrogen) atoms. The van der Waals surface area contributed by atoms with Crippen LogP contribution in [0, 0.1) is 0 Å². The van der Waals surface area contributed by atoms with Gasteiger partial charge in [-0.05, 0) is 41.7 Å². The zero-order valence-electron chi connectivity index (χ0n) is 25.8. The summed E-state index contributed by atoms with van der Waals surface area (Å²) in [6.07, 6.45) is 0.909. The second kappa shape index (κ2) is 14.9. The molecule has 248 valence electrons. The first kappa shape index (κ1) is 33.8. The minimum absolute atomic E-state index is 0.0808. The molecular formula is C34H33N5O8S. The third-order valence-electron chi connectivity index (χ3n) is 7.51. The van der Waals surface area contributed by atoms with E-state index in [4.69, 9.17) is 4.52 Å². The molecule has 0 unspecified atom stereocenters. The maximum absolute atomic E-state index is 13.3. The van der Waals surface area contributed by atoms with E-state index in [0.29, 0.717) is 24.1 Å². The average Bonchev–Trinajstić information content (AvgIpc) is 3.76. The Morgan fingerprint density at radius 1 is 0.917 bits per heavy atom. The molecular weight excluding hydrogens is 638 g/mol. The Morgan fingerprint density at radius 2 is 1.62 bits per heavy atom. The van der Waals surface area contributed by atoms with Crippen molar-refractivity contribution < 1.29 is 37.5 Å². The number of aliphatic carboxylic acids is 1. The van der Waals surface area contributed by atoms with Crippen molar-refractivity contribution in [3.8, 4) is 11.1 Å². The summed E-state index contributed by atoms with van der Waals surface area (Å²) in [7, 11) is -4.26. The minimum Gasteiger partial charge on any atom is -0.479 e. The number of aliphatic hydroxyl groups excluding tert-OH is 1. The van der Waals surface area contributed by atoms with Gasteiger partial charge in [-0.3, -0.25) is 14.3 Å². The number of aromatic nitrogens is 3. The molecule has 0 radical (unpaired) electrons. The van der Waals surface area contributed by atoms with Crippen LogP contribution in [0.15, 0.2) is 107 Å². The Balaban J connectivity index is 1.34. The number of carboxylic acids is 1. The molecule has 14 heteroatoms. The number of hydrogen-bond donors (Lipinski definition) is 4. The van der Waals surface area contributed by atoms with Crippen LogP contribution in [0.3, 0.4) is 0 Å². The van der Waals surface area contributed by atoms with E-state index in [0.717, 1.165) is 23.2 Å². The van der Waals surface area contributed by atoms with Gasteiger partial charge in [-0.2, -0.15) is 5.10 Å². The van der Waals surface area contributed by atoms with Gasteiger partial charge in [-0.25, -0.2) is 17.9 Å². The summed E-state index contributed by atoms with van der Waals surface area (Å²) in [5.41, 5.74) is 3.39. The van der Waals surface area contributed by atoms with Crippen molar-refractivity contribution in [2.45, 2.75) is 49.8 Å². The smallest absolute Gasteiger partial charge is 0.334 e. The normalized spacial score (nSPS) is 12.6. The fraction of sp³-hybridized carbons (Fsp3) is 0.206. The Hall–Kier alpha value is -5.60. The maximum atomic E-state index is 13.3. The first-order chi connectivity index (χ1) is 23.1. The molecule has 0 spiro atoms. The Morgan fingerprint density at radius 3 is 2.29 bits per heavy atom. The zero-order chi connectivity index (χ0) is 34.3. The molecule has 4 N–H and O–H groups in total.